The molecule has 3 unspecified atom stereocenters. The summed E-state index contributed by atoms with van der Waals surface area (Å²) < 4.78 is 0. The van der Waals surface area contributed by atoms with E-state index in [-0.39, 0.29) is 0 Å². The van der Waals surface area contributed by atoms with Crippen molar-refractivity contribution in [1.29, 1.82) is 0 Å². The van der Waals surface area contributed by atoms with Gasteiger partial charge >= 0.3 is 5.97 Å². The molecule has 2 saturated heterocycles. The zero-order chi connectivity index (χ0) is 13.3. The van der Waals surface area contributed by atoms with Crippen LogP contribution in [0.3, 0.4) is 0 Å². The maximum Gasteiger partial charge on any atom is 0.323 e. The number of fused-ring (bicyclic) bond motifs is 1. The smallest absolute Gasteiger partial charge is 0.323 e. The molecule has 2 fully saturated rings. The third-order valence-corrected chi connectivity index (χ3v) is 4.47. The van der Waals surface area contributed by atoms with Gasteiger partial charge < -0.3 is 10.8 Å². The van der Waals surface area contributed by atoms with Crippen LogP contribution < -0.4 is 5.73 Å². The van der Waals surface area contributed by atoms with E-state index >= 15 is 0 Å². The molecule has 2 rings (SSSR count). The maximum atomic E-state index is 11.0. The predicted octanol–water partition coefficient (Wildman–Crippen LogP) is 0.347. The third kappa shape index (κ3) is 2.84. The number of carboxylic acids is 1. The Balaban J connectivity index is 1.87. The summed E-state index contributed by atoms with van der Waals surface area (Å²) in [6.07, 6.45) is 3.09. The highest BCUT2D eigenvalue weighted by Gasteiger charge is 2.36. The van der Waals surface area contributed by atoms with Crippen molar-refractivity contribution in [3.63, 3.8) is 0 Å². The summed E-state index contributed by atoms with van der Waals surface area (Å²) >= 11 is 0. The Hall–Kier alpha value is -0.650. The molecule has 5 heteroatoms. The Bertz CT molecular complexity index is 319. The SMILES string of the molecule is CC1CN2CCCC2CN1CCC(C)(N)C(=O)O. The number of nitrogens with zero attached hydrogens (tertiary/aromatic N) is 2. The van der Waals surface area contributed by atoms with Gasteiger partial charge in [-0.3, -0.25) is 14.6 Å². The zero-order valence-corrected chi connectivity index (χ0v) is 11.4. The first-order valence-electron chi connectivity index (χ1n) is 6.90. The molecule has 2 aliphatic heterocycles. The molecule has 0 aromatic carbocycles. The minimum atomic E-state index is -1.10. The summed E-state index contributed by atoms with van der Waals surface area (Å²) in [5, 5.41) is 9.04. The molecular weight excluding hydrogens is 230 g/mol. The Labute approximate surface area is 109 Å². The largest absolute Gasteiger partial charge is 0.480 e. The summed E-state index contributed by atoms with van der Waals surface area (Å²) in [5.41, 5.74) is 4.69. The van der Waals surface area contributed by atoms with Gasteiger partial charge in [-0.15, -0.1) is 0 Å². The molecule has 18 heavy (non-hydrogen) atoms. The lowest BCUT2D eigenvalue weighted by Gasteiger charge is -2.43. The molecule has 0 radical (unpaired) electrons. The molecule has 0 spiro atoms. The lowest BCUT2D eigenvalue weighted by molar-refractivity contribution is -0.143. The second-order valence-corrected chi connectivity index (χ2v) is 6.11. The molecule has 104 valence electrons. The van der Waals surface area contributed by atoms with Gasteiger partial charge in [0.1, 0.15) is 5.54 Å². The zero-order valence-electron chi connectivity index (χ0n) is 11.4. The van der Waals surface area contributed by atoms with Crippen LogP contribution in [0.1, 0.15) is 33.1 Å². The summed E-state index contributed by atoms with van der Waals surface area (Å²) in [6, 6.07) is 1.18. The highest BCUT2D eigenvalue weighted by atomic mass is 16.4. The van der Waals surface area contributed by atoms with Gasteiger partial charge in [0.2, 0.25) is 0 Å². The first-order valence-corrected chi connectivity index (χ1v) is 6.90. The monoisotopic (exact) mass is 255 g/mol. The van der Waals surface area contributed by atoms with E-state index in [2.05, 4.69) is 16.7 Å². The molecule has 2 heterocycles. The average molecular weight is 255 g/mol. The van der Waals surface area contributed by atoms with Crippen LogP contribution in [0.4, 0.5) is 0 Å². The van der Waals surface area contributed by atoms with Crippen molar-refractivity contribution in [1.82, 2.24) is 9.80 Å². The van der Waals surface area contributed by atoms with Gasteiger partial charge in [0, 0.05) is 31.7 Å². The molecular formula is C13H25N3O2. The number of hydrogen-bond donors (Lipinski definition) is 2. The van der Waals surface area contributed by atoms with Crippen LogP contribution in [0, 0.1) is 0 Å². The normalized spacial score (nSPS) is 33.1. The van der Waals surface area contributed by atoms with Gasteiger partial charge in [-0.05, 0) is 39.7 Å². The average Bonchev–Trinajstić information content (AvgIpc) is 2.72. The van der Waals surface area contributed by atoms with E-state index in [1.807, 2.05) is 0 Å². The first kappa shape index (κ1) is 13.8. The fraction of sp³-hybridized carbons (Fsp3) is 0.923. The number of rotatable bonds is 4. The van der Waals surface area contributed by atoms with Crippen molar-refractivity contribution in [2.24, 2.45) is 5.73 Å². The van der Waals surface area contributed by atoms with E-state index in [9.17, 15) is 4.79 Å². The molecule has 5 nitrogen and oxygen atoms in total. The fourth-order valence-electron chi connectivity index (χ4n) is 3.04. The van der Waals surface area contributed by atoms with Gasteiger partial charge in [-0.2, -0.15) is 0 Å². The maximum absolute atomic E-state index is 11.0. The minimum absolute atomic E-state index is 0.504. The van der Waals surface area contributed by atoms with Crippen molar-refractivity contribution in [2.45, 2.75) is 50.7 Å². The molecule has 2 aliphatic rings. The van der Waals surface area contributed by atoms with Crippen LogP contribution in [0.2, 0.25) is 0 Å². The van der Waals surface area contributed by atoms with Crippen LogP contribution in [0.5, 0.6) is 0 Å². The summed E-state index contributed by atoms with van der Waals surface area (Å²) in [7, 11) is 0. The molecule has 0 saturated carbocycles. The number of carbonyl (C=O) groups is 1. The van der Waals surface area contributed by atoms with Crippen molar-refractivity contribution in [2.75, 3.05) is 26.2 Å². The predicted molar refractivity (Wildman–Crippen MR) is 70.5 cm³/mol. The number of carboxylic acid groups (broad SMARTS) is 1. The van der Waals surface area contributed by atoms with Gasteiger partial charge in [0.05, 0.1) is 0 Å². The third-order valence-electron chi connectivity index (χ3n) is 4.47. The quantitative estimate of drug-likeness (QED) is 0.758. The van der Waals surface area contributed by atoms with Crippen LogP contribution in [0.15, 0.2) is 0 Å². The molecule has 0 bridgehead atoms. The number of hydrogen-bond acceptors (Lipinski definition) is 4. The van der Waals surface area contributed by atoms with Gasteiger partial charge in [0.25, 0.3) is 0 Å². The molecule has 0 aliphatic carbocycles. The van der Waals surface area contributed by atoms with Crippen molar-refractivity contribution < 1.29 is 9.90 Å². The highest BCUT2D eigenvalue weighted by Crippen LogP contribution is 2.25. The molecule has 3 N–H and O–H groups in total. The lowest BCUT2D eigenvalue weighted by atomic mass is 9.98. The fourth-order valence-corrected chi connectivity index (χ4v) is 3.04. The van der Waals surface area contributed by atoms with Crippen molar-refractivity contribution >= 4 is 5.97 Å². The van der Waals surface area contributed by atoms with Crippen LogP contribution in [-0.4, -0.2) is 64.7 Å². The van der Waals surface area contributed by atoms with E-state index in [1.54, 1.807) is 6.92 Å². The summed E-state index contributed by atoms with van der Waals surface area (Å²) in [6.45, 7) is 8.02. The van der Waals surface area contributed by atoms with Crippen LogP contribution in [-0.2, 0) is 4.79 Å². The second kappa shape index (κ2) is 5.15. The Kier molecular flexibility index (Phi) is 3.94. The molecule has 0 aromatic heterocycles. The molecule has 0 amide bonds. The Morgan fingerprint density at radius 3 is 2.89 bits per heavy atom. The number of nitrogens with two attached hydrogens (primary N) is 1. The topological polar surface area (TPSA) is 69.8 Å². The van der Waals surface area contributed by atoms with Gasteiger partial charge in [-0.1, -0.05) is 0 Å². The van der Waals surface area contributed by atoms with E-state index in [4.69, 9.17) is 10.8 Å². The van der Waals surface area contributed by atoms with Gasteiger partial charge in [0.15, 0.2) is 0 Å². The van der Waals surface area contributed by atoms with Gasteiger partial charge in [-0.25, -0.2) is 0 Å². The molecule has 0 aromatic rings. The van der Waals surface area contributed by atoms with E-state index in [1.165, 1.54) is 19.4 Å². The first-order chi connectivity index (χ1) is 8.40. The van der Waals surface area contributed by atoms with Crippen LogP contribution >= 0.6 is 0 Å². The Morgan fingerprint density at radius 1 is 1.50 bits per heavy atom. The summed E-state index contributed by atoms with van der Waals surface area (Å²) in [4.78, 5) is 16.0. The van der Waals surface area contributed by atoms with Crippen molar-refractivity contribution in [3.8, 4) is 0 Å². The molecule has 3 atom stereocenters. The lowest BCUT2D eigenvalue weighted by Crippen LogP contribution is -2.56. The van der Waals surface area contributed by atoms with Crippen LogP contribution in [0.25, 0.3) is 0 Å². The Morgan fingerprint density at radius 2 is 2.22 bits per heavy atom. The highest BCUT2D eigenvalue weighted by molar-refractivity contribution is 5.77. The summed E-state index contributed by atoms with van der Waals surface area (Å²) in [5.74, 6) is -0.908. The van der Waals surface area contributed by atoms with E-state index in [0.717, 1.165) is 19.6 Å². The standard InChI is InChI=1S/C13H25N3O2/c1-10-8-16-6-3-4-11(16)9-15(10)7-5-13(2,14)12(17)18/h10-11H,3-9,14H2,1-2H3,(H,17,18). The number of piperazine rings is 1. The second-order valence-electron chi connectivity index (χ2n) is 6.11. The van der Waals surface area contributed by atoms with E-state index < -0.39 is 11.5 Å². The minimum Gasteiger partial charge on any atom is -0.480 e. The number of aliphatic carboxylic acids is 1. The van der Waals surface area contributed by atoms with E-state index in [0.29, 0.717) is 18.5 Å². The van der Waals surface area contributed by atoms with Crippen molar-refractivity contribution in [3.05, 3.63) is 0 Å².